The maximum absolute atomic E-state index is 12.6. The molecule has 0 saturated heterocycles. The van der Waals surface area contributed by atoms with Crippen LogP contribution in [0, 0.1) is 18.8 Å². The van der Waals surface area contributed by atoms with Crippen molar-refractivity contribution in [3.63, 3.8) is 0 Å². The van der Waals surface area contributed by atoms with Crippen LogP contribution < -0.4 is 5.32 Å². The molecular formula is C20H22N2O. The summed E-state index contributed by atoms with van der Waals surface area (Å²) < 4.78 is 0. The van der Waals surface area contributed by atoms with E-state index in [1.54, 1.807) is 6.20 Å². The number of pyridine rings is 1. The van der Waals surface area contributed by atoms with Crippen LogP contribution in [0.25, 0.3) is 0 Å². The van der Waals surface area contributed by atoms with Crippen LogP contribution in [0.2, 0.25) is 0 Å². The number of aromatic nitrogens is 1. The third kappa shape index (κ3) is 2.54. The molecule has 3 heteroatoms. The predicted molar refractivity (Wildman–Crippen MR) is 90.2 cm³/mol. The quantitative estimate of drug-likeness (QED) is 0.939. The highest BCUT2D eigenvalue weighted by atomic mass is 16.1. The summed E-state index contributed by atoms with van der Waals surface area (Å²) in [6, 6.07) is 14.7. The van der Waals surface area contributed by atoms with Crippen LogP contribution in [0.1, 0.15) is 46.8 Å². The molecule has 1 aromatic carbocycles. The Kier molecular flexibility index (Phi) is 3.64. The van der Waals surface area contributed by atoms with Crippen LogP contribution in [0.15, 0.2) is 48.7 Å². The Bertz CT molecular complexity index is 695. The smallest absolute Gasteiger partial charge is 0.253 e. The summed E-state index contributed by atoms with van der Waals surface area (Å²) in [6.07, 6.45) is 5.50. The first-order chi connectivity index (χ1) is 11.2. The number of hydrogen-bond acceptors (Lipinski definition) is 2. The van der Waals surface area contributed by atoms with Gasteiger partial charge in [-0.2, -0.15) is 0 Å². The van der Waals surface area contributed by atoms with E-state index in [0.29, 0.717) is 17.4 Å². The van der Waals surface area contributed by atoms with E-state index in [2.05, 4.69) is 40.6 Å². The number of nitrogens with zero attached hydrogens (tertiary/aromatic N) is 1. The molecule has 0 bridgehead atoms. The van der Waals surface area contributed by atoms with E-state index in [0.717, 1.165) is 11.6 Å². The summed E-state index contributed by atoms with van der Waals surface area (Å²) in [7, 11) is 0. The molecule has 2 unspecified atom stereocenters. The Hall–Kier alpha value is -2.16. The lowest BCUT2D eigenvalue weighted by atomic mass is 9.60. The van der Waals surface area contributed by atoms with Gasteiger partial charge in [-0.25, -0.2) is 0 Å². The van der Waals surface area contributed by atoms with Gasteiger partial charge in [0, 0.05) is 23.9 Å². The molecular weight excluding hydrogens is 284 g/mol. The first-order valence-corrected chi connectivity index (χ1v) is 8.52. The third-order valence-electron chi connectivity index (χ3n) is 5.59. The minimum atomic E-state index is 0.00813. The second-order valence-corrected chi connectivity index (χ2v) is 6.88. The first kappa shape index (κ1) is 14.4. The van der Waals surface area contributed by atoms with Crippen molar-refractivity contribution >= 4 is 5.91 Å². The standard InChI is InChI=1S/C20H22N2O/c1-13-10-11-15(12-21-13)20(23)22-19-17-9-5-8-16(17)18(19)14-6-3-2-4-7-14/h2-4,6-7,10-12,16-19H,5,8-9H2,1H3,(H,22,23)/t16?,17?,18-,19-/m1/s1. The molecule has 2 fully saturated rings. The number of benzene rings is 1. The topological polar surface area (TPSA) is 42.0 Å². The van der Waals surface area contributed by atoms with Gasteiger partial charge >= 0.3 is 0 Å². The molecule has 2 aliphatic rings. The lowest BCUT2D eigenvalue weighted by Gasteiger charge is -2.49. The molecule has 0 radical (unpaired) electrons. The SMILES string of the molecule is Cc1ccc(C(=O)N[C@@H]2C3CCCC3[C@H]2c2ccccc2)cn1. The van der Waals surface area contributed by atoms with Crippen LogP contribution in [0.3, 0.4) is 0 Å². The van der Waals surface area contributed by atoms with Crippen LogP contribution in [-0.4, -0.2) is 16.9 Å². The van der Waals surface area contributed by atoms with Gasteiger partial charge in [-0.1, -0.05) is 36.8 Å². The van der Waals surface area contributed by atoms with Crippen molar-refractivity contribution in [2.24, 2.45) is 11.8 Å². The van der Waals surface area contributed by atoms with E-state index < -0.39 is 0 Å². The average Bonchev–Trinajstić information content (AvgIpc) is 2.98. The second-order valence-electron chi connectivity index (χ2n) is 6.88. The van der Waals surface area contributed by atoms with Gasteiger partial charge in [-0.15, -0.1) is 0 Å². The Morgan fingerprint density at radius 1 is 1.09 bits per heavy atom. The molecule has 0 spiro atoms. The molecule has 3 nitrogen and oxygen atoms in total. The summed E-state index contributed by atoms with van der Waals surface area (Å²) in [5, 5.41) is 3.29. The Morgan fingerprint density at radius 3 is 2.61 bits per heavy atom. The monoisotopic (exact) mass is 306 g/mol. The van der Waals surface area contributed by atoms with E-state index in [9.17, 15) is 4.79 Å². The summed E-state index contributed by atoms with van der Waals surface area (Å²) in [4.78, 5) is 16.8. The van der Waals surface area contributed by atoms with Gasteiger partial charge in [0.1, 0.15) is 0 Å². The number of hydrogen-bond donors (Lipinski definition) is 1. The Balaban J connectivity index is 1.54. The molecule has 2 saturated carbocycles. The highest BCUT2D eigenvalue weighted by molar-refractivity contribution is 5.94. The molecule has 2 aromatic rings. The zero-order valence-electron chi connectivity index (χ0n) is 13.4. The second kappa shape index (κ2) is 5.80. The van der Waals surface area contributed by atoms with E-state index in [1.807, 2.05) is 19.1 Å². The molecule has 2 aliphatic carbocycles. The summed E-state index contributed by atoms with van der Waals surface area (Å²) >= 11 is 0. The zero-order chi connectivity index (χ0) is 15.8. The largest absolute Gasteiger partial charge is 0.348 e. The number of amides is 1. The molecule has 0 aliphatic heterocycles. The minimum absolute atomic E-state index is 0.00813. The number of carbonyl (C=O) groups is 1. The van der Waals surface area contributed by atoms with Crippen molar-refractivity contribution in [2.45, 2.75) is 38.1 Å². The maximum atomic E-state index is 12.6. The fourth-order valence-corrected chi connectivity index (χ4v) is 4.46. The van der Waals surface area contributed by atoms with Gasteiger partial charge in [0.15, 0.2) is 0 Å². The third-order valence-corrected chi connectivity index (χ3v) is 5.59. The van der Waals surface area contributed by atoms with E-state index in [1.165, 1.54) is 24.8 Å². The maximum Gasteiger partial charge on any atom is 0.253 e. The van der Waals surface area contributed by atoms with Crippen LogP contribution in [0.5, 0.6) is 0 Å². The highest BCUT2D eigenvalue weighted by Gasteiger charge is 2.53. The molecule has 23 heavy (non-hydrogen) atoms. The number of aryl methyl sites for hydroxylation is 1. The van der Waals surface area contributed by atoms with Gasteiger partial charge in [-0.3, -0.25) is 9.78 Å². The van der Waals surface area contributed by atoms with E-state index in [4.69, 9.17) is 0 Å². The van der Waals surface area contributed by atoms with E-state index >= 15 is 0 Å². The molecule has 4 rings (SSSR count). The van der Waals surface area contributed by atoms with Crippen molar-refractivity contribution in [1.29, 1.82) is 0 Å². The van der Waals surface area contributed by atoms with Gasteiger partial charge in [-0.05, 0) is 49.3 Å². The lowest BCUT2D eigenvalue weighted by Crippen LogP contribution is -2.56. The van der Waals surface area contributed by atoms with Crippen molar-refractivity contribution in [2.75, 3.05) is 0 Å². The molecule has 4 atom stereocenters. The predicted octanol–water partition coefficient (Wildman–Crippen LogP) is 3.70. The highest BCUT2D eigenvalue weighted by Crippen LogP contribution is 2.55. The number of fused-ring (bicyclic) bond motifs is 1. The van der Waals surface area contributed by atoms with Gasteiger partial charge in [0.2, 0.25) is 0 Å². The average molecular weight is 306 g/mol. The van der Waals surface area contributed by atoms with Crippen molar-refractivity contribution < 1.29 is 4.79 Å². The van der Waals surface area contributed by atoms with Crippen molar-refractivity contribution in [1.82, 2.24) is 10.3 Å². The zero-order valence-corrected chi connectivity index (χ0v) is 13.4. The normalized spacial score (nSPS) is 28.7. The summed E-state index contributed by atoms with van der Waals surface area (Å²) in [5.41, 5.74) is 2.95. The minimum Gasteiger partial charge on any atom is -0.348 e. The number of nitrogens with one attached hydrogen (secondary N) is 1. The first-order valence-electron chi connectivity index (χ1n) is 8.52. The van der Waals surface area contributed by atoms with Gasteiger partial charge in [0.05, 0.1) is 5.56 Å². The van der Waals surface area contributed by atoms with E-state index in [-0.39, 0.29) is 11.9 Å². The van der Waals surface area contributed by atoms with Crippen LogP contribution >= 0.6 is 0 Å². The molecule has 1 heterocycles. The molecule has 1 N–H and O–H groups in total. The van der Waals surface area contributed by atoms with Crippen molar-refractivity contribution in [3.8, 4) is 0 Å². The summed E-state index contributed by atoms with van der Waals surface area (Å²) in [5.74, 6) is 1.85. The Labute approximate surface area is 137 Å². The summed E-state index contributed by atoms with van der Waals surface area (Å²) in [6.45, 7) is 1.93. The molecule has 1 aromatic heterocycles. The number of carbonyl (C=O) groups excluding carboxylic acids is 1. The fourth-order valence-electron chi connectivity index (χ4n) is 4.46. The Morgan fingerprint density at radius 2 is 1.87 bits per heavy atom. The van der Waals surface area contributed by atoms with Crippen LogP contribution in [0.4, 0.5) is 0 Å². The van der Waals surface area contributed by atoms with Crippen molar-refractivity contribution in [3.05, 3.63) is 65.5 Å². The van der Waals surface area contributed by atoms with Crippen LogP contribution in [-0.2, 0) is 0 Å². The fraction of sp³-hybridized carbons (Fsp3) is 0.400. The lowest BCUT2D eigenvalue weighted by molar-refractivity contribution is 0.0691. The van der Waals surface area contributed by atoms with Gasteiger partial charge < -0.3 is 5.32 Å². The van der Waals surface area contributed by atoms with Gasteiger partial charge in [0.25, 0.3) is 5.91 Å². The molecule has 118 valence electrons. The number of rotatable bonds is 3. The molecule has 1 amide bonds.